The summed E-state index contributed by atoms with van der Waals surface area (Å²) < 4.78 is 36.4. The Kier molecular flexibility index (Phi) is 5.48. The van der Waals surface area contributed by atoms with Gasteiger partial charge in [0.1, 0.15) is 6.54 Å². The first-order chi connectivity index (χ1) is 9.87. The summed E-state index contributed by atoms with van der Waals surface area (Å²) in [5.74, 6) is -0.933. The zero-order chi connectivity index (χ0) is 15.5. The first-order valence-electron chi connectivity index (χ1n) is 7.63. The van der Waals surface area contributed by atoms with Crippen LogP contribution < -0.4 is 5.32 Å². The minimum Gasteiger partial charge on any atom is -0.391 e. The normalized spacial score (nSPS) is 31.9. The van der Waals surface area contributed by atoms with Crippen LogP contribution in [0.15, 0.2) is 0 Å². The lowest BCUT2D eigenvalue weighted by Crippen LogP contribution is -2.52. The first kappa shape index (κ1) is 16.5. The fraction of sp³-hybridized carbons (Fsp3) is 0.929. The molecule has 21 heavy (non-hydrogen) atoms. The van der Waals surface area contributed by atoms with Gasteiger partial charge >= 0.3 is 6.18 Å². The van der Waals surface area contributed by atoms with Crippen molar-refractivity contribution in [1.82, 2.24) is 10.2 Å². The van der Waals surface area contributed by atoms with Crippen LogP contribution in [0.25, 0.3) is 0 Å². The molecule has 3 unspecified atom stereocenters. The molecule has 3 atom stereocenters. The highest BCUT2D eigenvalue weighted by atomic mass is 19.4. The van der Waals surface area contributed by atoms with Crippen molar-refractivity contribution < 1.29 is 23.1 Å². The Labute approximate surface area is 122 Å². The monoisotopic (exact) mass is 308 g/mol. The molecule has 2 N–H and O–H groups in total. The molecule has 4 nitrogen and oxygen atoms in total. The minimum atomic E-state index is -4.37. The zero-order valence-electron chi connectivity index (χ0n) is 12.0. The molecular weight excluding hydrogens is 285 g/mol. The number of carbonyl (C=O) groups is 1. The molecule has 122 valence electrons. The van der Waals surface area contributed by atoms with E-state index in [-0.39, 0.29) is 12.1 Å². The topological polar surface area (TPSA) is 52.6 Å². The van der Waals surface area contributed by atoms with E-state index in [9.17, 15) is 23.1 Å². The molecule has 1 saturated carbocycles. The van der Waals surface area contributed by atoms with Crippen LogP contribution in [-0.4, -0.2) is 53.9 Å². The second-order valence-corrected chi connectivity index (χ2v) is 6.09. The third-order valence-electron chi connectivity index (χ3n) is 4.45. The Hall–Kier alpha value is -0.820. The number of nitrogens with one attached hydrogen (secondary N) is 1. The van der Waals surface area contributed by atoms with Crippen LogP contribution in [-0.2, 0) is 4.79 Å². The summed E-state index contributed by atoms with van der Waals surface area (Å²) in [6.45, 7) is -0.00934. The average molecular weight is 308 g/mol. The van der Waals surface area contributed by atoms with Crippen molar-refractivity contribution in [3.63, 3.8) is 0 Å². The van der Waals surface area contributed by atoms with Crippen molar-refractivity contribution in [1.29, 1.82) is 0 Å². The number of aliphatic hydroxyl groups is 1. The van der Waals surface area contributed by atoms with E-state index in [1.165, 1.54) is 0 Å². The van der Waals surface area contributed by atoms with Gasteiger partial charge in [-0.2, -0.15) is 13.2 Å². The molecule has 0 radical (unpaired) electrons. The number of halogens is 3. The van der Waals surface area contributed by atoms with Gasteiger partial charge < -0.3 is 10.4 Å². The predicted octanol–water partition coefficient (Wildman–Crippen LogP) is 1.68. The molecule has 2 aliphatic rings. The summed E-state index contributed by atoms with van der Waals surface area (Å²) >= 11 is 0. The number of nitrogens with zero attached hydrogens (tertiary/aromatic N) is 1. The van der Waals surface area contributed by atoms with Crippen molar-refractivity contribution in [2.24, 2.45) is 5.92 Å². The van der Waals surface area contributed by atoms with E-state index in [1.54, 1.807) is 0 Å². The van der Waals surface area contributed by atoms with Gasteiger partial charge in [0.25, 0.3) is 0 Å². The molecule has 2 fully saturated rings. The van der Waals surface area contributed by atoms with Gasteiger partial charge in [0.2, 0.25) is 5.91 Å². The summed E-state index contributed by atoms with van der Waals surface area (Å²) in [4.78, 5) is 13.9. The van der Waals surface area contributed by atoms with Crippen molar-refractivity contribution in [2.45, 2.75) is 56.8 Å². The first-order valence-corrected chi connectivity index (χ1v) is 7.63. The molecule has 0 aromatic heterocycles. The number of amides is 1. The fourth-order valence-corrected chi connectivity index (χ4v) is 3.37. The predicted molar refractivity (Wildman–Crippen MR) is 71.6 cm³/mol. The van der Waals surface area contributed by atoms with Crippen molar-refractivity contribution in [2.75, 3.05) is 19.6 Å². The number of hydrogen-bond acceptors (Lipinski definition) is 3. The van der Waals surface area contributed by atoms with Crippen LogP contribution in [0.2, 0.25) is 0 Å². The molecule has 0 aromatic rings. The summed E-state index contributed by atoms with van der Waals surface area (Å²) in [6.07, 6.45) is 0.393. The smallest absolute Gasteiger partial charge is 0.391 e. The number of rotatable bonds is 3. The molecule has 7 heteroatoms. The van der Waals surface area contributed by atoms with Gasteiger partial charge in [-0.05, 0) is 32.2 Å². The zero-order valence-corrected chi connectivity index (χ0v) is 12.0. The van der Waals surface area contributed by atoms with Crippen LogP contribution in [0.1, 0.15) is 38.5 Å². The highest BCUT2D eigenvalue weighted by Gasteiger charge is 2.35. The van der Waals surface area contributed by atoms with Crippen molar-refractivity contribution in [3.05, 3.63) is 0 Å². The van der Waals surface area contributed by atoms with Gasteiger partial charge in [-0.1, -0.05) is 12.8 Å². The second-order valence-electron chi connectivity index (χ2n) is 6.09. The lowest BCUT2D eigenvalue weighted by Gasteiger charge is -2.41. The standard InChI is InChI=1S/C14H23F3N2O2/c15-14(16,17)9-18-13(21)10-4-3-7-19(8-10)11-5-1-2-6-12(11)20/h10-12,20H,1-9H2,(H,18,21). The maximum Gasteiger partial charge on any atom is 0.405 e. The Morgan fingerprint density at radius 3 is 2.57 bits per heavy atom. The Morgan fingerprint density at radius 2 is 1.90 bits per heavy atom. The molecular formula is C14H23F3N2O2. The van der Waals surface area contributed by atoms with Crippen molar-refractivity contribution >= 4 is 5.91 Å². The van der Waals surface area contributed by atoms with Crippen LogP contribution in [0.4, 0.5) is 13.2 Å². The number of alkyl halides is 3. The molecule has 1 aliphatic carbocycles. The third kappa shape index (κ3) is 4.85. The number of carbonyl (C=O) groups excluding carboxylic acids is 1. The van der Waals surface area contributed by atoms with Crippen LogP contribution in [0.3, 0.4) is 0 Å². The van der Waals surface area contributed by atoms with Gasteiger partial charge in [-0.15, -0.1) is 0 Å². The van der Waals surface area contributed by atoms with Crippen LogP contribution in [0, 0.1) is 5.92 Å². The van der Waals surface area contributed by atoms with Crippen LogP contribution >= 0.6 is 0 Å². The SMILES string of the molecule is O=C(NCC(F)(F)F)C1CCCN(C2CCCCC2O)C1. The summed E-state index contributed by atoms with van der Waals surface area (Å²) in [5, 5.41) is 12.0. The molecule has 1 amide bonds. The summed E-state index contributed by atoms with van der Waals surface area (Å²) in [6, 6.07) is 0.0527. The average Bonchev–Trinajstić information content (AvgIpc) is 2.44. The maximum atomic E-state index is 12.1. The minimum absolute atomic E-state index is 0.0527. The Morgan fingerprint density at radius 1 is 1.19 bits per heavy atom. The van der Waals surface area contributed by atoms with E-state index < -0.39 is 24.5 Å². The summed E-state index contributed by atoms with van der Waals surface area (Å²) in [7, 11) is 0. The Balaban J connectivity index is 1.86. The van der Waals surface area contributed by atoms with Gasteiger partial charge in [0.05, 0.1) is 12.0 Å². The van der Waals surface area contributed by atoms with Crippen molar-refractivity contribution in [3.8, 4) is 0 Å². The Bertz CT molecular complexity index is 363. The van der Waals surface area contributed by atoms with Gasteiger partial charge in [-0.3, -0.25) is 9.69 Å². The van der Waals surface area contributed by atoms with E-state index in [2.05, 4.69) is 4.90 Å². The molecule has 1 saturated heterocycles. The highest BCUT2D eigenvalue weighted by molar-refractivity contribution is 5.79. The summed E-state index contributed by atoms with van der Waals surface area (Å²) in [5.41, 5.74) is 0. The number of piperidine rings is 1. The van der Waals surface area contributed by atoms with Gasteiger partial charge in [0.15, 0.2) is 0 Å². The molecule has 2 rings (SSSR count). The molecule has 0 bridgehead atoms. The quantitative estimate of drug-likeness (QED) is 0.834. The van der Waals surface area contributed by atoms with E-state index in [0.29, 0.717) is 13.0 Å². The number of hydrogen-bond donors (Lipinski definition) is 2. The molecule has 0 aromatic carbocycles. The van der Waals surface area contributed by atoms with E-state index in [4.69, 9.17) is 0 Å². The molecule has 1 heterocycles. The lowest BCUT2D eigenvalue weighted by atomic mass is 9.88. The molecule has 1 aliphatic heterocycles. The highest BCUT2D eigenvalue weighted by Crippen LogP contribution is 2.27. The van der Waals surface area contributed by atoms with Gasteiger partial charge in [-0.25, -0.2) is 0 Å². The molecule has 0 spiro atoms. The van der Waals surface area contributed by atoms with E-state index in [0.717, 1.165) is 38.6 Å². The fourth-order valence-electron chi connectivity index (χ4n) is 3.37. The van der Waals surface area contributed by atoms with E-state index >= 15 is 0 Å². The van der Waals surface area contributed by atoms with Crippen LogP contribution in [0.5, 0.6) is 0 Å². The lowest BCUT2D eigenvalue weighted by molar-refractivity contribution is -0.142. The third-order valence-corrected chi connectivity index (χ3v) is 4.45. The maximum absolute atomic E-state index is 12.1. The van der Waals surface area contributed by atoms with Gasteiger partial charge in [0, 0.05) is 12.6 Å². The number of aliphatic hydroxyl groups excluding tert-OH is 1. The largest absolute Gasteiger partial charge is 0.405 e. The second kappa shape index (κ2) is 6.96. The number of likely N-dealkylation sites (tertiary alicyclic amines) is 1. The van der Waals surface area contributed by atoms with E-state index in [1.807, 2.05) is 5.32 Å².